The van der Waals surface area contributed by atoms with E-state index in [-0.39, 0.29) is 30.0 Å². The van der Waals surface area contributed by atoms with Gasteiger partial charge in [0.15, 0.2) is 28.8 Å². The highest BCUT2D eigenvalue weighted by molar-refractivity contribution is 6.00. The lowest BCUT2D eigenvalue weighted by atomic mass is 10.0. The maximum Gasteiger partial charge on any atom is 0.179 e. The molecule has 0 saturated heterocycles. The van der Waals surface area contributed by atoms with Crippen molar-refractivity contribution in [3.63, 3.8) is 0 Å². The molecule has 17 heavy (non-hydrogen) atoms. The molecule has 5 nitrogen and oxygen atoms in total. The van der Waals surface area contributed by atoms with Crippen molar-refractivity contribution in [3.05, 3.63) is 17.4 Å². The predicted molar refractivity (Wildman–Crippen MR) is 59.2 cm³/mol. The number of benzene rings is 1. The third kappa shape index (κ3) is 2.47. The van der Waals surface area contributed by atoms with Gasteiger partial charge in [0, 0.05) is 12.5 Å². The van der Waals surface area contributed by atoms with Gasteiger partial charge in [0.2, 0.25) is 0 Å². The summed E-state index contributed by atoms with van der Waals surface area (Å²) in [5, 5.41) is 9.36. The molecular formula is C11H14FNO4. The van der Waals surface area contributed by atoms with E-state index in [1.54, 1.807) is 0 Å². The molecule has 0 aliphatic rings. The molecule has 3 N–H and O–H groups in total. The topological polar surface area (TPSA) is 81.8 Å². The largest absolute Gasteiger partial charge is 0.505 e. The fourth-order valence-electron chi connectivity index (χ4n) is 1.46. The Morgan fingerprint density at radius 3 is 2.59 bits per heavy atom. The number of carbonyl (C=O) groups is 1. The number of hydrogen-bond acceptors (Lipinski definition) is 5. The molecule has 6 heteroatoms. The SMILES string of the molecule is COc1cc(O)c(F)c(C(=O)CCN)c1OC. The lowest BCUT2D eigenvalue weighted by Gasteiger charge is -2.13. The number of phenolic OH excluding ortho intramolecular Hbond substituents is 1. The van der Waals surface area contributed by atoms with Gasteiger partial charge in [0.05, 0.1) is 14.2 Å². The lowest BCUT2D eigenvalue weighted by molar-refractivity contribution is 0.0976. The van der Waals surface area contributed by atoms with E-state index in [0.717, 1.165) is 6.07 Å². The molecule has 1 aromatic rings. The van der Waals surface area contributed by atoms with E-state index in [9.17, 15) is 14.3 Å². The van der Waals surface area contributed by atoms with Crippen LogP contribution in [0.4, 0.5) is 4.39 Å². The summed E-state index contributed by atoms with van der Waals surface area (Å²) in [4.78, 5) is 11.7. The highest BCUT2D eigenvalue weighted by Gasteiger charge is 2.24. The monoisotopic (exact) mass is 243 g/mol. The Morgan fingerprint density at radius 2 is 2.12 bits per heavy atom. The number of carbonyl (C=O) groups excluding carboxylic acids is 1. The average molecular weight is 243 g/mol. The molecule has 0 saturated carbocycles. The number of rotatable bonds is 5. The van der Waals surface area contributed by atoms with Gasteiger partial charge in [-0.15, -0.1) is 0 Å². The molecule has 0 aliphatic carbocycles. The first-order valence-electron chi connectivity index (χ1n) is 4.93. The zero-order chi connectivity index (χ0) is 13.0. The second kappa shape index (κ2) is 5.49. The first-order valence-corrected chi connectivity index (χ1v) is 4.93. The van der Waals surface area contributed by atoms with Crippen molar-refractivity contribution < 1.29 is 23.8 Å². The summed E-state index contributed by atoms with van der Waals surface area (Å²) in [6, 6.07) is 1.05. The number of aromatic hydroxyl groups is 1. The third-order valence-electron chi connectivity index (χ3n) is 2.24. The number of methoxy groups -OCH3 is 2. The Hall–Kier alpha value is -1.82. The maximum atomic E-state index is 13.7. The van der Waals surface area contributed by atoms with Crippen molar-refractivity contribution in [3.8, 4) is 17.2 Å². The van der Waals surface area contributed by atoms with Gasteiger partial charge in [-0.25, -0.2) is 4.39 Å². The number of Topliss-reactive ketones (excluding diaryl/α,β-unsaturated/α-hetero) is 1. The zero-order valence-corrected chi connectivity index (χ0v) is 9.62. The second-order valence-corrected chi connectivity index (χ2v) is 3.28. The molecule has 0 unspecified atom stereocenters. The van der Waals surface area contributed by atoms with Crippen LogP contribution in [0, 0.1) is 5.82 Å². The van der Waals surface area contributed by atoms with Crippen LogP contribution < -0.4 is 15.2 Å². The van der Waals surface area contributed by atoms with Crippen LogP contribution in [-0.4, -0.2) is 31.7 Å². The van der Waals surface area contributed by atoms with Crippen LogP contribution in [0.1, 0.15) is 16.8 Å². The van der Waals surface area contributed by atoms with Crippen molar-refractivity contribution in [2.75, 3.05) is 20.8 Å². The molecule has 0 aliphatic heterocycles. The molecule has 0 aromatic heterocycles. The van der Waals surface area contributed by atoms with E-state index < -0.39 is 17.3 Å². The molecule has 0 amide bonds. The lowest BCUT2D eigenvalue weighted by Crippen LogP contribution is -2.12. The molecule has 0 bridgehead atoms. The summed E-state index contributed by atoms with van der Waals surface area (Å²) >= 11 is 0. The Balaban J connectivity index is 3.43. The minimum atomic E-state index is -1.03. The molecule has 0 spiro atoms. The van der Waals surface area contributed by atoms with Crippen LogP contribution in [0.15, 0.2) is 6.07 Å². The average Bonchev–Trinajstić information content (AvgIpc) is 2.31. The van der Waals surface area contributed by atoms with E-state index in [1.165, 1.54) is 14.2 Å². The van der Waals surface area contributed by atoms with Gasteiger partial charge in [-0.05, 0) is 6.54 Å². The Morgan fingerprint density at radius 1 is 1.47 bits per heavy atom. The van der Waals surface area contributed by atoms with Crippen molar-refractivity contribution in [1.29, 1.82) is 0 Å². The van der Waals surface area contributed by atoms with Crippen LogP contribution in [0.2, 0.25) is 0 Å². The van der Waals surface area contributed by atoms with Crippen molar-refractivity contribution in [1.82, 2.24) is 0 Å². The number of halogens is 1. The van der Waals surface area contributed by atoms with Crippen molar-refractivity contribution in [2.24, 2.45) is 5.73 Å². The van der Waals surface area contributed by atoms with E-state index in [1.807, 2.05) is 0 Å². The second-order valence-electron chi connectivity index (χ2n) is 3.28. The highest BCUT2D eigenvalue weighted by Crippen LogP contribution is 2.38. The summed E-state index contributed by atoms with van der Waals surface area (Å²) in [7, 11) is 2.61. The Kier molecular flexibility index (Phi) is 4.28. The smallest absolute Gasteiger partial charge is 0.179 e. The fraction of sp³-hybridized carbons (Fsp3) is 0.364. The molecule has 1 rings (SSSR count). The van der Waals surface area contributed by atoms with Crippen LogP contribution in [0.25, 0.3) is 0 Å². The van der Waals surface area contributed by atoms with Crippen LogP contribution in [-0.2, 0) is 0 Å². The Bertz CT molecular complexity index is 434. The summed E-state index contributed by atoms with van der Waals surface area (Å²) in [6.07, 6.45) is -0.0418. The van der Waals surface area contributed by atoms with Crippen LogP contribution >= 0.6 is 0 Å². The fourth-order valence-corrected chi connectivity index (χ4v) is 1.46. The summed E-state index contributed by atoms with van der Waals surface area (Å²) in [5.41, 5.74) is 4.90. The molecule has 1 aromatic carbocycles. The van der Waals surface area contributed by atoms with E-state index in [0.29, 0.717) is 0 Å². The predicted octanol–water partition coefficient (Wildman–Crippen LogP) is 1.08. The number of ketones is 1. The van der Waals surface area contributed by atoms with E-state index in [2.05, 4.69) is 0 Å². The summed E-state index contributed by atoms with van der Waals surface area (Å²) in [5.74, 6) is -2.19. The molecule has 0 atom stereocenters. The normalized spacial score (nSPS) is 10.1. The van der Waals surface area contributed by atoms with Crippen molar-refractivity contribution >= 4 is 5.78 Å². The van der Waals surface area contributed by atoms with Gasteiger partial charge in [0.25, 0.3) is 0 Å². The highest BCUT2D eigenvalue weighted by atomic mass is 19.1. The van der Waals surface area contributed by atoms with Gasteiger partial charge < -0.3 is 20.3 Å². The first kappa shape index (κ1) is 13.2. The van der Waals surface area contributed by atoms with E-state index in [4.69, 9.17) is 15.2 Å². The first-order chi connectivity index (χ1) is 8.06. The van der Waals surface area contributed by atoms with Gasteiger partial charge in [-0.3, -0.25) is 4.79 Å². The molecule has 0 fully saturated rings. The molecular weight excluding hydrogens is 229 g/mol. The van der Waals surface area contributed by atoms with Crippen LogP contribution in [0.3, 0.4) is 0 Å². The molecule has 94 valence electrons. The number of ether oxygens (including phenoxy) is 2. The summed E-state index contributed by atoms with van der Waals surface area (Å²) < 4.78 is 23.5. The number of hydrogen-bond donors (Lipinski definition) is 2. The summed E-state index contributed by atoms with van der Waals surface area (Å²) in [6.45, 7) is 0.0827. The quantitative estimate of drug-likeness (QED) is 0.756. The zero-order valence-electron chi connectivity index (χ0n) is 9.62. The molecule has 0 heterocycles. The van der Waals surface area contributed by atoms with Gasteiger partial charge in [-0.2, -0.15) is 0 Å². The van der Waals surface area contributed by atoms with Crippen molar-refractivity contribution in [2.45, 2.75) is 6.42 Å². The van der Waals surface area contributed by atoms with Crippen LogP contribution in [0.5, 0.6) is 17.2 Å². The van der Waals surface area contributed by atoms with Gasteiger partial charge >= 0.3 is 0 Å². The minimum absolute atomic E-state index is 0.0405. The third-order valence-corrected chi connectivity index (χ3v) is 2.24. The van der Waals surface area contributed by atoms with Gasteiger partial charge in [-0.1, -0.05) is 0 Å². The standard InChI is InChI=1S/C11H14FNO4/c1-16-8-5-7(15)10(12)9(11(8)17-2)6(14)3-4-13/h5,15H,3-4,13H2,1-2H3. The number of phenols is 1. The Labute approximate surface area is 97.9 Å². The maximum absolute atomic E-state index is 13.7. The van der Waals surface area contributed by atoms with Gasteiger partial charge in [0.1, 0.15) is 5.56 Å². The van der Waals surface area contributed by atoms with E-state index >= 15 is 0 Å². The number of nitrogens with two attached hydrogens (primary N) is 1. The minimum Gasteiger partial charge on any atom is -0.505 e. The molecule has 0 radical (unpaired) electrons.